The lowest BCUT2D eigenvalue weighted by molar-refractivity contribution is -0.385. The summed E-state index contributed by atoms with van der Waals surface area (Å²) in [5, 5.41) is 26.4. The highest BCUT2D eigenvalue weighted by molar-refractivity contribution is 5.58. The molecule has 0 saturated heterocycles. The topological polar surface area (TPSA) is 118 Å². The third kappa shape index (κ3) is 3.08. The monoisotopic (exact) mass is 273 g/mol. The molecule has 8 nitrogen and oxygen atoms in total. The van der Waals surface area contributed by atoms with Gasteiger partial charge in [0.2, 0.25) is 5.89 Å². The number of rotatable bonds is 5. The summed E-state index contributed by atoms with van der Waals surface area (Å²) in [4.78, 5) is 14.2. The molecule has 8 heteroatoms. The smallest absolute Gasteiger partial charge is 0.287 e. The first-order valence-electron chi connectivity index (χ1n) is 5.82. The van der Waals surface area contributed by atoms with Crippen molar-refractivity contribution in [3.05, 3.63) is 45.6 Å². The Balaban J connectivity index is 2.00. The summed E-state index contributed by atoms with van der Waals surface area (Å²) in [5.74, 6) is 1.08. The van der Waals surface area contributed by atoms with Crippen LogP contribution in [0.3, 0.4) is 0 Å². The van der Waals surface area contributed by atoms with Gasteiger partial charge < -0.3 is 9.84 Å². The van der Waals surface area contributed by atoms with Crippen molar-refractivity contribution in [3.63, 3.8) is 0 Å². The van der Waals surface area contributed by atoms with Gasteiger partial charge in [-0.2, -0.15) is 10.2 Å². The van der Waals surface area contributed by atoms with Gasteiger partial charge in [0.05, 0.1) is 4.92 Å². The highest BCUT2D eigenvalue weighted by Gasteiger charge is 2.13. The van der Waals surface area contributed by atoms with E-state index in [4.69, 9.17) is 9.78 Å². The maximum absolute atomic E-state index is 10.7. The van der Waals surface area contributed by atoms with Gasteiger partial charge in [0.15, 0.2) is 5.82 Å². The second-order valence-corrected chi connectivity index (χ2v) is 4.01. The van der Waals surface area contributed by atoms with Gasteiger partial charge in [0, 0.05) is 31.6 Å². The van der Waals surface area contributed by atoms with Gasteiger partial charge in [-0.1, -0.05) is 5.16 Å². The van der Waals surface area contributed by atoms with Crippen molar-refractivity contribution in [1.29, 1.82) is 5.26 Å². The van der Waals surface area contributed by atoms with E-state index in [1.54, 1.807) is 13.0 Å². The molecule has 2 aromatic rings. The zero-order valence-corrected chi connectivity index (χ0v) is 10.7. The Bertz CT molecular complexity index is 674. The molecule has 0 unspecified atom stereocenters. The minimum atomic E-state index is -0.579. The van der Waals surface area contributed by atoms with Crippen molar-refractivity contribution in [2.45, 2.75) is 13.3 Å². The average Bonchev–Trinajstić information content (AvgIpc) is 2.84. The Morgan fingerprint density at radius 2 is 2.35 bits per heavy atom. The minimum absolute atomic E-state index is 0.0235. The molecule has 0 bridgehead atoms. The van der Waals surface area contributed by atoms with Crippen molar-refractivity contribution in [3.8, 4) is 6.07 Å². The van der Waals surface area contributed by atoms with Crippen molar-refractivity contribution in [2.24, 2.45) is 0 Å². The Morgan fingerprint density at radius 3 is 2.95 bits per heavy atom. The Hall–Kier alpha value is -2.95. The standard InChI is InChI=1S/C12H11N5O3/c1-8-15-12(16-20-8)4-5-14-10-2-3-11(17(18)19)9(6-10)7-13/h2-3,6,14H,4-5H2,1H3. The van der Waals surface area contributed by atoms with Crippen LogP contribution in [0.5, 0.6) is 0 Å². The van der Waals surface area contributed by atoms with Crippen LogP contribution in [0.4, 0.5) is 11.4 Å². The zero-order valence-electron chi connectivity index (χ0n) is 10.7. The van der Waals surface area contributed by atoms with Gasteiger partial charge in [-0.15, -0.1) is 0 Å². The first-order valence-corrected chi connectivity index (χ1v) is 5.82. The second kappa shape index (κ2) is 5.79. The Morgan fingerprint density at radius 1 is 1.55 bits per heavy atom. The minimum Gasteiger partial charge on any atom is -0.385 e. The molecule has 20 heavy (non-hydrogen) atoms. The number of anilines is 1. The van der Waals surface area contributed by atoms with Crippen LogP contribution in [0, 0.1) is 28.4 Å². The Labute approximate surface area is 114 Å². The number of aromatic nitrogens is 2. The van der Waals surface area contributed by atoms with Gasteiger partial charge in [-0.05, 0) is 12.1 Å². The predicted molar refractivity (Wildman–Crippen MR) is 69.0 cm³/mol. The number of nitriles is 1. The van der Waals surface area contributed by atoms with E-state index in [9.17, 15) is 10.1 Å². The second-order valence-electron chi connectivity index (χ2n) is 4.01. The molecule has 0 aliphatic rings. The highest BCUT2D eigenvalue weighted by Crippen LogP contribution is 2.21. The molecule has 1 heterocycles. The molecular formula is C12H11N5O3. The van der Waals surface area contributed by atoms with Crippen molar-refractivity contribution in [2.75, 3.05) is 11.9 Å². The molecule has 1 aromatic carbocycles. The summed E-state index contributed by atoms with van der Waals surface area (Å²) >= 11 is 0. The number of nitro groups is 1. The van der Waals surface area contributed by atoms with Crippen LogP contribution in [0.2, 0.25) is 0 Å². The first kappa shape index (κ1) is 13.5. The lowest BCUT2D eigenvalue weighted by atomic mass is 10.1. The molecule has 1 aromatic heterocycles. The number of aryl methyl sites for hydroxylation is 1. The summed E-state index contributed by atoms with van der Waals surface area (Å²) in [6, 6.07) is 6.11. The van der Waals surface area contributed by atoms with E-state index < -0.39 is 4.92 Å². The molecule has 1 N–H and O–H groups in total. The van der Waals surface area contributed by atoms with Crippen LogP contribution in [0.1, 0.15) is 17.3 Å². The van der Waals surface area contributed by atoms with Crippen molar-refractivity contribution < 1.29 is 9.45 Å². The van der Waals surface area contributed by atoms with Gasteiger partial charge in [-0.3, -0.25) is 10.1 Å². The molecule has 0 atom stereocenters. The predicted octanol–water partition coefficient (Wildman–Crippen LogP) is 1.81. The molecule has 0 saturated carbocycles. The van der Waals surface area contributed by atoms with Gasteiger partial charge >= 0.3 is 0 Å². The van der Waals surface area contributed by atoms with Crippen LogP contribution < -0.4 is 5.32 Å². The normalized spacial score (nSPS) is 10.0. The van der Waals surface area contributed by atoms with Crippen molar-refractivity contribution in [1.82, 2.24) is 10.1 Å². The number of nitro benzene ring substituents is 1. The van der Waals surface area contributed by atoms with E-state index in [1.165, 1.54) is 12.1 Å². The van der Waals surface area contributed by atoms with E-state index in [1.807, 2.05) is 6.07 Å². The van der Waals surface area contributed by atoms with E-state index in [0.29, 0.717) is 30.4 Å². The quantitative estimate of drug-likeness (QED) is 0.651. The maximum atomic E-state index is 10.7. The summed E-state index contributed by atoms with van der Waals surface area (Å²) in [7, 11) is 0. The number of hydrogen-bond acceptors (Lipinski definition) is 7. The van der Waals surface area contributed by atoms with E-state index in [0.717, 1.165) is 0 Å². The molecule has 0 radical (unpaired) electrons. The largest absolute Gasteiger partial charge is 0.385 e. The van der Waals surface area contributed by atoms with Gasteiger partial charge in [-0.25, -0.2) is 0 Å². The molecule has 0 aliphatic heterocycles. The molecule has 2 rings (SSSR count). The summed E-state index contributed by atoms with van der Waals surface area (Å²) < 4.78 is 4.84. The molecule has 0 spiro atoms. The fourth-order valence-corrected chi connectivity index (χ4v) is 1.66. The third-order valence-electron chi connectivity index (χ3n) is 2.56. The van der Waals surface area contributed by atoms with Crippen LogP contribution in [0.25, 0.3) is 0 Å². The van der Waals surface area contributed by atoms with Gasteiger partial charge in [0.25, 0.3) is 5.69 Å². The lowest BCUT2D eigenvalue weighted by Crippen LogP contribution is -2.06. The number of nitrogens with zero attached hydrogens (tertiary/aromatic N) is 4. The molecule has 102 valence electrons. The summed E-state index contributed by atoms with van der Waals surface area (Å²) in [6.07, 6.45) is 0.552. The molecular weight excluding hydrogens is 262 g/mol. The molecule has 0 fully saturated rings. The highest BCUT2D eigenvalue weighted by atomic mass is 16.6. The third-order valence-corrected chi connectivity index (χ3v) is 2.56. The van der Waals surface area contributed by atoms with Crippen LogP contribution in [-0.4, -0.2) is 21.6 Å². The van der Waals surface area contributed by atoms with Crippen LogP contribution in [-0.2, 0) is 6.42 Å². The van der Waals surface area contributed by atoms with Crippen LogP contribution in [0.15, 0.2) is 22.7 Å². The van der Waals surface area contributed by atoms with E-state index >= 15 is 0 Å². The number of hydrogen-bond donors (Lipinski definition) is 1. The maximum Gasteiger partial charge on any atom is 0.287 e. The molecule has 0 amide bonds. The summed E-state index contributed by atoms with van der Waals surface area (Å²) in [5.41, 5.74) is 0.453. The van der Waals surface area contributed by atoms with Gasteiger partial charge in [0.1, 0.15) is 11.6 Å². The first-order chi connectivity index (χ1) is 9.60. The number of nitrogens with one attached hydrogen (secondary N) is 1. The zero-order chi connectivity index (χ0) is 14.5. The van der Waals surface area contributed by atoms with Crippen LogP contribution >= 0.6 is 0 Å². The lowest BCUT2D eigenvalue weighted by Gasteiger charge is -2.05. The fraction of sp³-hybridized carbons (Fsp3) is 0.250. The van der Waals surface area contributed by atoms with E-state index in [2.05, 4.69) is 15.5 Å². The fourth-order valence-electron chi connectivity index (χ4n) is 1.66. The molecule has 0 aliphatic carbocycles. The summed E-state index contributed by atoms with van der Waals surface area (Å²) in [6.45, 7) is 2.24. The Kier molecular flexibility index (Phi) is 3.91. The average molecular weight is 273 g/mol. The SMILES string of the molecule is Cc1nc(CCNc2ccc([N+](=O)[O-])c(C#N)c2)no1. The van der Waals surface area contributed by atoms with E-state index in [-0.39, 0.29) is 11.3 Å². The van der Waals surface area contributed by atoms with Crippen molar-refractivity contribution >= 4 is 11.4 Å². The number of benzene rings is 1.